The average molecular weight is 223 g/mol. The molecule has 88 valence electrons. The van der Waals surface area contributed by atoms with Crippen LogP contribution in [0.1, 0.15) is 42.0 Å². The first-order valence-electron chi connectivity index (χ1n) is 5.83. The van der Waals surface area contributed by atoms with E-state index in [0.717, 1.165) is 31.4 Å². The van der Waals surface area contributed by atoms with Crippen LogP contribution in [0.25, 0.3) is 0 Å². The first-order valence-corrected chi connectivity index (χ1v) is 5.83. The summed E-state index contributed by atoms with van der Waals surface area (Å²) in [5.41, 5.74) is 1.94. The second-order valence-corrected chi connectivity index (χ2v) is 4.57. The van der Waals surface area contributed by atoms with Crippen LogP contribution < -0.4 is 5.32 Å². The SMILES string of the molecule is Cc1cc(F)c(C)c(C2CCCCN2)c1O. The largest absolute Gasteiger partial charge is 0.507 e. The lowest BCUT2D eigenvalue weighted by Crippen LogP contribution is -2.27. The van der Waals surface area contributed by atoms with E-state index < -0.39 is 0 Å². The van der Waals surface area contributed by atoms with Crippen LogP contribution in [0.2, 0.25) is 0 Å². The van der Waals surface area contributed by atoms with Gasteiger partial charge in [0.2, 0.25) is 0 Å². The third-order valence-electron chi connectivity index (χ3n) is 3.39. The predicted molar refractivity (Wildman–Crippen MR) is 62.1 cm³/mol. The Kier molecular flexibility index (Phi) is 3.15. The van der Waals surface area contributed by atoms with Crippen LogP contribution in [0, 0.1) is 19.7 Å². The quantitative estimate of drug-likeness (QED) is 0.767. The monoisotopic (exact) mass is 223 g/mol. The molecule has 1 aliphatic heterocycles. The highest BCUT2D eigenvalue weighted by atomic mass is 19.1. The van der Waals surface area contributed by atoms with Crippen molar-refractivity contribution in [2.24, 2.45) is 0 Å². The molecule has 0 bridgehead atoms. The summed E-state index contributed by atoms with van der Waals surface area (Å²) >= 11 is 0. The van der Waals surface area contributed by atoms with Gasteiger partial charge in [0.25, 0.3) is 0 Å². The first-order chi connectivity index (χ1) is 7.61. The van der Waals surface area contributed by atoms with Gasteiger partial charge >= 0.3 is 0 Å². The van der Waals surface area contributed by atoms with E-state index in [2.05, 4.69) is 5.32 Å². The van der Waals surface area contributed by atoms with Gasteiger partial charge in [-0.3, -0.25) is 0 Å². The second-order valence-electron chi connectivity index (χ2n) is 4.57. The molecule has 1 fully saturated rings. The van der Waals surface area contributed by atoms with E-state index in [9.17, 15) is 9.50 Å². The summed E-state index contributed by atoms with van der Waals surface area (Å²) in [4.78, 5) is 0. The first kappa shape index (κ1) is 11.4. The van der Waals surface area contributed by atoms with Gasteiger partial charge in [-0.1, -0.05) is 6.42 Å². The number of halogens is 1. The molecule has 1 unspecified atom stereocenters. The van der Waals surface area contributed by atoms with Crippen molar-refractivity contribution < 1.29 is 9.50 Å². The summed E-state index contributed by atoms with van der Waals surface area (Å²) in [5.74, 6) is 0.0240. The van der Waals surface area contributed by atoms with Crippen LogP contribution in [-0.4, -0.2) is 11.7 Å². The highest BCUT2D eigenvalue weighted by molar-refractivity contribution is 5.47. The summed E-state index contributed by atoms with van der Waals surface area (Å²) < 4.78 is 13.6. The lowest BCUT2D eigenvalue weighted by Gasteiger charge is -2.26. The van der Waals surface area contributed by atoms with E-state index in [0.29, 0.717) is 11.1 Å². The molecule has 1 heterocycles. The van der Waals surface area contributed by atoms with Crippen molar-refractivity contribution in [1.29, 1.82) is 0 Å². The molecule has 1 atom stereocenters. The fourth-order valence-corrected chi connectivity index (χ4v) is 2.41. The standard InChI is InChI=1S/C13H18FNO/c1-8-7-10(14)9(2)12(13(8)16)11-5-3-4-6-15-11/h7,11,15-16H,3-6H2,1-2H3. The average Bonchev–Trinajstić information content (AvgIpc) is 2.28. The number of phenols is 1. The van der Waals surface area contributed by atoms with E-state index in [4.69, 9.17) is 0 Å². The van der Waals surface area contributed by atoms with Crippen LogP contribution in [-0.2, 0) is 0 Å². The van der Waals surface area contributed by atoms with Crippen molar-refractivity contribution in [2.75, 3.05) is 6.54 Å². The number of benzene rings is 1. The fourth-order valence-electron chi connectivity index (χ4n) is 2.41. The molecule has 0 radical (unpaired) electrons. The Bertz CT molecular complexity index is 371. The van der Waals surface area contributed by atoms with Crippen molar-refractivity contribution in [3.05, 3.63) is 28.6 Å². The Labute approximate surface area is 95.5 Å². The van der Waals surface area contributed by atoms with E-state index in [1.54, 1.807) is 13.8 Å². The van der Waals surface area contributed by atoms with E-state index >= 15 is 0 Å². The molecule has 0 spiro atoms. The predicted octanol–water partition coefficient (Wildman–Crippen LogP) is 2.96. The van der Waals surface area contributed by atoms with Gasteiger partial charge in [0, 0.05) is 11.6 Å². The topological polar surface area (TPSA) is 32.3 Å². The van der Waals surface area contributed by atoms with Crippen LogP contribution in [0.15, 0.2) is 6.07 Å². The third kappa shape index (κ3) is 1.92. The number of hydrogen-bond donors (Lipinski definition) is 2. The molecule has 0 amide bonds. The zero-order chi connectivity index (χ0) is 11.7. The van der Waals surface area contributed by atoms with Crippen LogP contribution in [0.5, 0.6) is 5.75 Å². The van der Waals surface area contributed by atoms with Crippen molar-refractivity contribution >= 4 is 0 Å². The lowest BCUT2D eigenvalue weighted by molar-refractivity contribution is 0.385. The van der Waals surface area contributed by atoms with Gasteiger partial charge in [-0.05, 0) is 50.4 Å². The van der Waals surface area contributed by atoms with Crippen LogP contribution >= 0.6 is 0 Å². The maximum atomic E-state index is 13.6. The molecule has 2 nitrogen and oxygen atoms in total. The van der Waals surface area contributed by atoms with Crippen LogP contribution in [0.3, 0.4) is 0 Å². The summed E-state index contributed by atoms with van der Waals surface area (Å²) in [6.45, 7) is 4.42. The molecule has 1 aromatic rings. The maximum absolute atomic E-state index is 13.6. The smallest absolute Gasteiger partial charge is 0.126 e. The molecule has 0 saturated carbocycles. The molecule has 3 heteroatoms. The third-order valence-corrected chi connectivity index (χ3v) is 3.39. The minimum absolute atomic E-state index is 0.100. The minimum atomic E-state index is -0.224. The number of aryl methyl sites for hydroxylation is 1. The highest BCUT2D eigenvalue weighted by Gasteiger charge is 2.22. The van der Waals surface area contributed by atoms with Gasteiger partial charge in [0.15, 0.2) is 0 Å². The molecular weight excluding hydrogens is 205 g/mol. The summed E-state index contributed by atoms with van der Waals surface area (Å²) in [7, 11) is 0. The van der Waals surface area contributed by atoms with Crippen molar-refractivity contribution in [3.63, 3.8) is 0 Å². The zero-order valence-corrected chi connectivity index (χ0v) is 9.81. The molecular formula is C13H18FNO. The van der Waals surface area contributed by atoms with E-state index in [-0.39, 0.29) is 17.6 Å². The van der Waals surface area contributed by atoms with E-state index in [1.165, 1.54) is 6.07 Å². The summed E-state index contributed by atoms with van der Waals surface area (Å²) in [6.07, 6.45) is 3.26. The Hall–Kier alpha value is -1.09. The summed E-state index contributed by atoms with van der Waals surface area (Å²) in [6, 6.07) is 1.50. The van der Waals surface area contributed by atoms with Gasteiger partial charge < -0.3 is 10.4 Å². The van der Waals surface area contributed by atoms with Crippen molar-refractivity contribution in [1.82, 2.24) is 5.32 Å². The van der Waals surface area contributed by atoms with Gasteiger partial charge in [0.1, 0.15) is 11.6 Å². The van der Waals surface area contributed by atoms with E-state index in [1.807, 2.05) is 0 Å². The molecule has 0 aliphatic carbocycles. The number of piperidine rings is 1. The minimum Gasteiger partial charge on any atom is -0.507 e. The maximum Gasteiger partial charge on any atom is 0.126 e. The van der Waals surface area contributed by atoms with Crippen molar-refractivity contribution in [3.8, 4) is 5.75 Å². The number of nitrogens with one attached hydrogen (secondary N) is 1. The normalized spacial score (nSPS) is 21.1. The van der Waals surface area contributed by atoms with Gasteiger partial charge in [0.05, 0.1) is 0 Å². The molecule has 2 N–H and O–H groups in total. The Morgan fingerprint density at radius 1 is 1.38 bits per heavy atom. The number of rotatable bonds is 1. The summed E-state index contributed by atoms with van der Waals surface area (Å²) in [5, 5.41) is 13.4. The second kappa shape index (κ2) is 4.42. The Morgan fingerprint density at radius 3 is 2.75 bits per heavy atom. The number of aromatic hydroxyl groups is 1. The Morgan fingerprint density at radius 2 is 2.12 bits per heavy atom. The number of hydrogen-bond acceptors (Lipinski definition) is 2. The highest BCUT2D eigenvalue weighted by Crippen LogP contribution is 2.35. The molecule has 16 heavy (non-hydrogen) atoms. The fraction of sp³-hybridized carbons (Fsp3) is 0.538. The Balaban J connectivity index is 2.45. The molecule has 1 saturated heterocycles. The van der Waals surface area contributed by atoms with Gasteiger partial charge in [-0.25, -0.2) is 4.39 Å². The lowest BCUT2D eigenvalue weighted by atomic mass is 9.91. The van der Waals surface area contributed by atoms with Crippen molar-refractivity contribution in [2.45, 2.75) is 39.2 Å². The molecule has 0 aromatic heterocycles. The van der Waals surface area contributed by atoms with Gasteiger partial charge in [-0.15, -0.1) is 0 Å². The molecule has 2 rings (SSSR count). The van der Waals surface area contributed by atoms with Crippen LogP contribution in [0.4, 0.5) is 4.39 Å². The zero-order valence-electron chi connectivity index (χ0n) is 9.81. The number of phenolic OH excluding ortho intramolecular Hbond substituents is 1. The molecule has 1 aromatic carbocycles. The van der Waals surface area contributed by atoms with Gasteiger partial charge in [-0.2, -0.15) is 0 Å². The molecule has 1 aliphatic rings.